The fourth-order valence-electron chi connectivity index (χ4n) is 4.63. The van der Waals surface area contributed by atoms with Gasteiger partial charge in [-0.1, -0.05) is 57.0 Å². The van der Waals surface area contributed by atoms with E-state index in [4.69, 9.17) is 9.26 Å². The lowest BCUT2D eigenvalue weighted by atomic mass is 9.84. The summed E-state index contributed by atoms with van der Waals surface area (Å²) >= 11 is 0. The molecule has 2 heterocycles. The Bertz CT molecular complexity index is 973. The number of ether oxygens (including phenoxy) is 1. The highest BCUT2D eigenvalue weighted by molar-refractivity contribution is 5.90. The molecule has 2 aromatic rings. The number of carbonyl (C=O) groups is 2. The van der Waals surface area contributed by atoms with Gasteiger partial charge in [-0.05, 0) is 45.6 Å². The topological polar surface area (TPSA) is 115 Å². The Balaban J connectivity index is 1.76. The summed E-state index contributed by atoms with van der Waals surface area (Å²) in [6, 6.07) is 1.52. The number of aryl methyl sites for hydroxylation is 1. The van der Waals surface area contributed by atoms with Gasteiger partial charge in [0.2, 0.25) is 11.7 Å². The molecule has 1 atom stereocenters. The fraction of sp³-hybridized carbons (Fsp3) is 0.654. The molecule has 34 heavy (non-hydrogen) atoms. The van der Waals surface area contributed by atoms with Gasteiger partial charge in [0.1, 0.15) is 5.60 Å². The largest absolute Gasteiger partial charge is 0.478 e. The monoisotopic (exact) mass is 471 g/mol. The second-order valence-electron chi connectivity index (χ2n) is 10.3. The Morgan fingerprint density at radius 3 is 2.62 bits per heavy atom. The van der Waals surface area contributed by atoms with E-state index in [1.54, 1.807) is 6.20 Å². The van der Waals surface area contributed by atoms with Crippen LogP contribution < -0.4 is 0 Å². The number of hydrogen-bond donors (Lipinski definition) is 1. The van der Waals surface area contributed by atoms with Gasteiger partial charge < -0.3 is 14.4 Å². The Kier molecular flexibility index (Phi) is 8.80. The average Bonchev–Trinajstić information content (AvgIpc) is 3.27. The van der Waals surface area contributed by atoms with Crippen molar-refractivity contribution in [2.45, 2.75) is 103 Å². The third kappa shape index (κ3) is 7.37. The number of pyridine rings is 1. The normalized spacial score (nSPS) is 15.8. The van der Waals surface area contributed by atoms with E-state index in [0.29, 0.717) is 23.6 Å². The van der Waals surface area contributed by atoms with Gasteiger partial charge in [-0.15, -0.1) is 0 Å². The zero-order valence-corrected chi connectivity index (χ0v) is 20.8. The minimum atomic E-state index is -1.04. The maximum atomic E-state index is 12.6. The number of esters is 1. The van der Waals surface area contributed by atoms with Gasteiger partial charge in [0.15, 0.2) is 0 Å². The summed E-state index contributed by atoms with van der Waals surface area (Å²) in [7, 11) is 0. The van der Waals surface area contributed by atoms with E-state index < -0.39 is 11.6 Å². The third-order valence-electron chi connectivity index (χ3n) is 6.31. The molecule has 1 aliphatic carbocycles. The molecular formula is C26H37N3O5. The zero-order valence-electron chi connectivity index (χ0n) is 20.8. The molecule has 8 heteroatoms. The van der Waals surface area contributed by atoms with Crippen LogP contribution in [0.5, 0.6) is 0 Å². The molecule has 0 aromatic carbocycles. The Hall–Kier alpha value is -2.77. The predicted octanol–water partition coefficient (Wildman–Crippen LogP) is 5.96. The van der Waals surface area contributed by atoms with Crippen LogP contribution in [0.3, 0.4) is 0 Å². The van der Waals surface area contributed by atoms with Crippen molar-refractivity contribution in [3.63, 3.8) is 0 Å². The van der Waals surface area contributed by atoms with Gasteiger partial charge in [0.05, 0.1) is 17.7 Å². The first kappa shape index (κ1) is 25.8. The van der Waals surface area contributed by atoms with Crippen LogP contribution in [-0.4, -0.2) is 37.8 Å². The summed E-state index contributed by atoms with van der Waals surface area (Å²) in [5.41, 5.74) is 0.543. The first-order valence-electron chi connectivity index (χ1n) is 12.4. The standard InChI is InChI=1S/C26H37N3O5/c1-5-21-20(25(31)32)14-19(16-27-21)23-28-24(34-29-23)18(15-22(30)33-26(2,3)4)13-9-12-17-10-7-6-8-11-17/h14,16-18H,5-13,15H2,1-4H3,(H,31,32)/t18-/m1/s1. The quantitative estimate of drug-likeness (QED) is 0.422. The van der Waals surface area contributed by atoms with E-state index in [0.717, 1.165) is 25.2 Å². The first-order valence-corrected chi connectivity index (χ1v) is 12.4. The SMILES string of the molecule is CCc1ncc(-c2noc([C@H](CCCC3CCCCC3)CC(=O)OC(C)(C)C)n2)cc1C(=O)O. The van der Waals surface area contributed by atoms with Gasteiger partial charge in [-0.3, -0.25) is 9.78 Å². The van der Waals surface area contributed by atoms with Crippen LogP contribution in [0, 0.1) is 5.92 Å². The van der Waals surface area contributed by atoms with Crippen molar-refractivity contribution in [1.82, 2.24) is 15.1 Å². The zero-order chi connectivity index (χ0) is 24.7. The van der Waals surface area contributed by atoms with Gasteiger partial charge in [-0.2, -0.15) is 4.98 Å². The lowest BCUT2D eigenvalue weighted by Crippen LogP contribution is -2.25. The number of carboxylic acids is 1. The van der Waals surface area contributed by atoms with Gasteiger partial charge in [0.25, 0.3) is 0 Å². The molecule has 0 radical (unpaired) electrons. The Morgan fingerprint density at radius 2 is 1.97 bits per heavy atom. The molecule has 186 valence electrons. The molecule has 1 aliphatic rings. The van der Waals surface area contributed by atoms with Gasteiger partial charge >= 0.3 is 11.9 Å². The number of carbonyl (C=O) groups excluding carboxylic acids is 1. The fourth-order valence-corrected chi connectivity index (χ4v) is 4.63. The molecular weight excluding hydrogens is 434 g/mol. The molecule has 1 saturated carbocycles. The lowest BCUT2D eigenvalue weighted by Gasteiger charge is -2.23. The summed E-state index contributed by atoms with van der Waals surface area (Å²) in [6.45, 7) is 7.40. The smallest absolute Gasteiger partial charge is 0.337 e. The van der Waals surface area contributed by atoms with Crippen LogP contribution in [0.25, 0.3) is 11.4 Å². The van der Waals surface area contributed by atoms with E-state index in [1.807, 2.05) is 27.7 Å². The molecule has 0 spiro atoms. The molecule has 0 aliphatic heterocycles. The van der Waals surface area contributed by atoms with Crippen LogP contribution in [0.2, 0.25) is 0 Å². The summed E-state index contributed by atoms with van der Waals surface area (Å²) < 4.78 is 11.1. The summed E-state index contributed by atoms with van der Waals surface area (Å²) in [6.07, 6.45) is 11.6. The van der Waals surface area contributed by atoms with E-state index in [9.17, 15) is 14.7 Å². The Morgan fingerprint density at radius 1 is 1.24 bits per heavy atom. The molecule has 0 saturated heterocycles. The molecule has 3 rings (SSSR count). The molecule has 1 N–H and O–H groups in total. The highest BCUT2D eigenvalue weighted by Gasteiger charge is 2.27. The maximum Gasteiger partial charge on any atom is 0.337 e. The molecule has 1 fully saturated rings. The molecule has 0 unspecified atom stereocenters. The first-order chi connectivity index (χ1) is 16.2. The second kappa shape index (κ2) is 11.6. The van der Waals surface area contributed by atoms with E-state index in [2.05, 4.69) is 15.1 Å². The van der Waals surface area contributed by atoms with Crippen LogP contribution in [0.1, 0.15) is 113 Å². The van der Waals surface area contributed by atoms with E-state index in [1.165, 1.54) is 38.2 Å². The number of aromatic nitrogens is 3. The molecule has 8 nitrogen and oxygen atoms in total. The summed E-state index contributed by atoms with van der Waals surface area (Å²) in [5.74, 6) is -0.180. The van der Waals surface area contributed by atoms with Crippen molar-refractivity contribution in [3.8, 4) is 11.4 Å². The van der Waals surface area contributed by atoms with Crippen LogP contribution >= 0.6 is 0 Å². The van der Waals surface area contributed by atoms with Crippen molar-refractivity contribution in [2.75, 3.05) is 0 Å². The number of rotatable bonds is 10. The van der Waals surface area contributed by atoms with Crippen molar-refractivity contribution >= 4 is 11.9 Å². The predicted molar refractivity (Wildman–Crippen MR) is 127 cm³/mol. The minimum Gasteiger partial charge on any atom is -0.478 e. The van der Waals surface area contributed by atoms with Crippen molar-refractivity contribution in [1.29, 1.82) is 0 Å². The van der Waals surface area contributed by atoms with Gasteiger partial charge in [-0.25, -0.2) is 4.79 Å². The summed E-state index contributed by atoms with van der Waals surface area (Å²) in [4.78, 5) is 33.0. The average molecular weight is 472 g/mol. The van der Waals surface area contributed by atoms with E-state index >= 15 is 0 Å². The van der Waals surface area contributed by atoms with Crippen LogP contribution in [0.4, 0.5) is 0 Å². The van der Waals surface area contributed by atoms with Crippen molar-refractivity contribution in [3.05, 3.63) is 29.4 Å². The lowest BCUT2D eigenvalue weighted by molar-refractivity contribution is -0.155. The van der Waals surface area contributed by atoms with Crippen LogP contribution in [-0.2, 0) is 16.0 Å². The highest BCUT2D eigenvalue weighted by atomic mass is 16.6. The van der Waals surface area contributed by atoms with Crippen molar-refractivity contribution in [2.24, 2.45) is 5.92 Å². The molecule has 0 amide bonds. The number of hydrogen-bond acceptors (Lipinski definition) is 7. The number of carboxylic acid groups (broad SMARTS) is 1. The second-order valence-corrected chi connectivity index (χ2v) is 10.3. The van der Waals surface area contributed by atoms with E-state index in [-0.39, 0.29) is 29.7 Å². The number of aromatic carboxylic acids is 1. The molecule has 2 aromatic heterocycles. The number of nitrogens with zero attached hydrogens (tertiary/aromatic N) is 3. The summed E-state index contributed by atoms with van der Waals surface area (Å²) in [5, 5.41) is 13.6. The van der Waals surface area contributed by atoms with Gasteiger partial charge in [0, 0.05) is 17.7 Å². The highest BCUT2D eigenvalue weighted by Crippen LogP contribution is 2.32. The maximum absolute atomic E-state index is 12.6. The van der Waals surface area contributed by atoms with Crippen LogP contribution in [0.15, 0.2) is 16.8 Å². The molecule has 0 bridgehead atoms. The minimum absolute atomic E-state index is 0.129. The van der Waals surface area contributed by atoms with Crippen molar-refractivity contribution < 1.29 is 24.0 Å². The third-order valence-corrected chi connectivity index (χ3v) is 6.31. The Labute approximate surface area is 201 Å².